The van der Waals surface area contributed by atoms with Crippen molar-refractivity contribution >= 4 is 19.7 Å². The third kappa shape index (κ3) is 5.00. The Morgan fingerprint density at radius 3 is 2.09 bits per heavy atom. The highest BCUT2D eigenvalue weighted by atomic mass is 32.3. The van der Waals surface area contributed by atoms with Crippen LogP contribution < -0.4 is 0 Å². The van der Waals surface area contributed by atoms with Crippen molar-refractivity contribution in [1.82, 2.24) is 15.0 Å². The molecule has 0 amide bonds. The number of hydrogen-bond acceptors (Lipinski definition) is 7. The normalized spacial score (nSPS) is 18.5. The fourth-order valence-corrected chi connectivity index (χ4v) is 7.91. The topological polar surface area (TPSA) is 107 Å². The molecule has 0 radical (unpaired) electrons. The van der Waals surface area contributed by atoms with Crippen molar-refractivity contribution in [3.8, 4) is 11.4 Å². The molecule has 7 nitrogen and oxygen atoms in total. The molecule has 1 atom stereocenters. The van der Waals surface area contributed by atoms with Crippen LogP contribution in [0.4, 0.5) is 0 Å². The van der Waals surface area contributed by atoms with E-state index >= 15 is 0 Å². The quantitative estimate of drug-likeness (QED) is 0.507. The molecule has 0 saturated carbocycles. The van der Waals surface area contributed by atoms with Crippen LogP contribution in [0.25, 0.3) is 11.4 Å². The lowest BCUT2D eigenvalue weighted by atomic mass is 9.80. The van der Waals surface area contributed by atoms with E-state index in [-0.39, 0.29) is 16.4 Å². The van der Waals surface area contributed by atoms with Gasteiger partial charge in [-0.15, -0.1) is 0 Å². The van der Waals surface area contributed by atoms with Gasteiger partial charge in [-0.05, 0) is 62.7 Å². The standard InChI is InChI=1S/C25H25N3O4S2/c1-18-8-4-11-21(26-18)22-12-6-14-24(28-22)34(31,32)17-33(29,30)20-10-7-15-25(3,16-20)23-13-5-9-19(2)27-23/h4-15H,16-17H2,1-3H3. The van der Waals surface area contributed by atoms with E-state index in [4.69, 9.17) is 0 Å². The first-order chi connectivity index (χ1) is 16.0. The summed E-state index contributed by atoms with van der Waals surface area (Å²) < 4.78 is 52.6. The van der Waals surface area contributed by atoms with Crippen LogP contribution in [0, 0.1) is 13.8 Å². The largest absolute Gasteiger partial charge is 0.257 e. The van der Waals surface area contributed by atoms with E-state index in [2.05, 4.69) is 15.0 Å². The van der Waals surface area contributed by atoms with Gasteiger partial charge in [0.25, 0.3) is 0 Å². The Hall–Kier alpha value is -3.17. The third-order valence-corrected chi connectivity index (χ3v) is 10.1. The van der Waals surface area contributed by atoms with Gasteiger partial charge in [-0.25, -0.2) is 21.8 Å². The van der Waals surface area contributed by atoms with E-state index < -0.39 is 30.2 Å². The zero-order valence-electron chi connectivity index (χ0n) is 19.1. The van der Waals surface area contributed by atoms with Crippen LogP contribution in [0.2, 0.25) is 0 Å². The SMILES string of the molecule is Cc1cccc(-c2cccc(S(=O)(=O)CS(=O)(=O)C3=CC=CC(C)(c4cccc(C)n4)C3)n2)n1. The number of hydrogen-bond donors (Lipinski definition) is 0. The Labute approximate surface area is 200 Å². The highest BCUT2D eigenvalue weighted by Gasteiger charge is 2.36. The van der Waals surface area contributed by atoms with Crippen molar-refractivity contribution in [2.24, 2.45) is 0 Å². The Morgan fingerprint density at radius 2 is 1.41 bits per heavy atom. The number of aromatic nitrogens is 3. The number of aryl methyl sites for hydroxylation is 2. The Balaban J connectivity index is 1.61. The van der Waals surface area contributed by atoms with E-state index in [0.717, 1.165) is 17.1 Å². The van der Waals surface area contributed by atoms with Gasteiger partial charge in [-0.3, -0.25) is 9.97 Å². The molecule has 1 aliphatic rings. The van der Waals surface area contributed by atoms with Crippen LogP contribution in [-0.2, 0) is 25.1 Å². The summed E-state index contributed by atoms with van der Waals surface area (Å²) in [7, 11) is -8.35. The minimum absolute atomic E-state index is 0.0564. The van der Waals surface area contributed by atoms with E-state index in [1.54, 1.807) is 24.3 Å². The highest BCUT2D eigenvalue weighted by Crippen LogP contribution is 2.37. The first-order valence-corrected chi connectivity index (χ1v) is 14.0. The van der Waals surface area contributed by atoms with Gasteiger partial charge >= 0.3 is 0 Å². The molecule has 9 heteroatoms. The highest BCUT2D eigenvalue weighted by molar-refractivity contribution is 8.09. The van der Waals surface area contributed by atoms with Crippen LogP contribution >= 0.6 is 0 Å². The number of pyridine rings is 3. The fraction of sp³-hybridized carbons (Fsp3) is 0.240. The molecule has 3 heterocycles. The van der Waals surface area contributed by atoms with Crippen molar-refractivity contribution in [2.45, 2.75) is 37.6 Å². The molecule has 0 saturated heterocycles. The van der Waals surface area contributed by atoms with Gasteiger partial charge in [0, 0.05) is 21.7 Å². The van der Waals surface area contributed by atoms with Crippen molar-refractivity contribution in [3.63, 3.8) is 0 Å². The molecule has 176 valence electrons. The second-order valence-electron chi connectivity index (χ2n) is 8.62. The maximum Gasteiger partial charge on any atom is 0.210 e. The van der Waals surface area contributed by atoms with E-state index in [1.165, 1.54) is 18.2 Å². The van der Waals surface area contributed by atoms with Crippen molar-refractivity contribution in [2.75, 3.05) is 5.08 Å². The van der Waals surface area contributed by atoms with Crippen LogP contribution in [0.1, 0.15) is 30.4 Å². The van der Waals surface area contributed by atoms with Crippen LogP contribution in [0.15, 0.2) is 82.8 Å². The molecule has 0 spiro atoms. The average molecular weight is 496 g/mol. The number of allylic oxidation sites excluding steroid dienone is 4. The summed E-state index contributed by atoms with van der Waals surface area (Å²) in [4.78, 5) is 13.2. The molecule has 3 aromatic heterocycles. The predicted octanol–water partition coefficient (Wildman–Crippen LogP) is 4.10. The minimum Gasteiger partial charge on any atom is -0.257 e. The lowest BCUT2D eigenvalue weighted by Gasteiger charge is -2.29. The lowest BCUT2D eigenvalue weighted by molar-refractivity contribution is 0.556. The molecule has 0 N–H and O–H groups in total. The number of sulfone groups is 2. The van der Waals surface area contributed by atoms with Gasteiger partial charge in [0.2, 0.25) is 9.84 Å². The molecule has 34 heavy (non-hydrogen) atoms. The maximum absolute atomic E-state index is 13.2. The van der Waals surface area contributed by atoms with Crippen LogP contribution in [0.3, 0.4) is 0 Å². The van der Waals surface area contributed by atoms with E-state index in [1.807, 2.05) is 51.1 Å². The minimum atomic E-state index is -4.22. The monoisotopic (exact) mass is 495 g/mol. The van der Waals surface area contributed by atoms with Gasteiger partial charge in [0.05, 0.1) is 17.1 Å². The molecule has 0 fully saturated rings. The summed E-state index contributed by atoms with van der Waals surface area (Å²) in [6.45, 7) is 5.58. The summed E-state index contributed by atoms with van der Waals surface area (Å²) in [5, 5.41) is -1.36. The molecule has 3 aromatic rings. The summed E-state index contributed by atoms with van der Waals surface area (Å²) in [6.07, 6.45) is 5.12. The first-order valence-electron chi connectivity index (χ1n) is 10.7. The maximum atomic E-state index is 13.2. The van der Waals surface area contributed by atoms with E-state index in [0.29, 0.717) is 11.4 Å². The van der Waals surface area contributed by atoms with E-state index in [9.17, 15) is 16.8 Å². The second-order valence-corrected chi connectivity index (χ2v) is 13.0. The average Bonchev–Trinajstić information content (AvgIpc) is 2.79. The van der Waals surface area contributed by atoms with Gasteiger partial charge in [-0.2, -0.15) is 0 Å². The Bertz CT molecular complexity index is 1530. The molecule has 4 rings (SSSR count). The molecule has 0 aliphatic heterocycles. The smallest absolute Gasteiger partial charge is 0.210 e. The van der Waals surface area contributed by atoms with Gasteiger partial charge in [0.1, 0.15) is 0 Å². The predicted molar refractivity (Wildman–Crippen MR) is 131 cm³/mol. The Morgan fingerprint density at radius 1 is 0.794 bits per heavy atom. The summed E-state index contributed by atoms with van der Waals surface area (Å²) in [6, 6.07) is 15.4. The summed E-state index contributed by atoms with van der Waals surface area (Å²) >= 11 is 0. The third-order valence-electron chi connectivity index (χ3n) is 5.66. The Kier molecular flexibility index (Phi) is 6.26. The van der Waals surface area contributed by atoms with Crippen molar-refractivity contribution in [3.05, 3.63) is 94.8 Å². The summed E-state index contributed by atoms with van der Waals surface area (Å²) in [5.74, 6) is 0. The van der Waals surface area contributed by atoms with Crippen LogP contribution in [-0.4, -0.2) is 36.9 Å². The zero-order chi connectivity index (χ0) is 24.6. The molecule has 0 aromatic carbocycles. The summed E-state index contributed by atoms with van der Waals surface area (Å²) in [5.41, 5.74) is 2.53. The lowest BCUT2D eigenvalue weighted by Crippen LogP contribution is -2.28. The fourth-order valence-electron chi connectivity index (χ4n) is 3.86. The number of nitrogens with zero attached hydrogens (tertiary/aromatic N) is 3. The molecule has 0 bridgehead atoms. The van der Waals surface area contributed by atoms with Crippen molar-refractivity contribution < 1.29 is 16.8 Å². The van der Waals surface area contributed by atoms with Gasteiger partial charge < -0.3 is 0 Å². The molecule has 1 unspecified atom stereocenters. The van der Waals surface area contributed by atoms with Gasteiger partial charge in [0.15, 0.2) is 19.9 Å². The van der Waals surface area contributed by atoms with Crippen molar-refractivity contribution in [1.29, 1.82) is 0 Å². The molecule has 1 aliphatic carbocycles. The molecular weight excluding hydrogens is 470 g/mol. The van der Waals surface area contributed by atoms with Gasteiger partial charge in [-0.1, -0.05) is 37.3 Å². The second kappa shape index (κ2) is 8.88. The first kappa shape index (κ1) is 24.0. The van der Waals surface area contributed by atoms with Crippen LogP contribution in [0.5, 0.6) is 0 Å². The molecular formula is C25H25N3O4S2. The number of rotatable bonds is 6. The zero-order valence-corrected chi connectivity index (χ0v) is 20.8.